The van der Waals surface area contributed by atoms with E-state index in [0.717, 1.165) is 25.7 Å². The molecule has 194 valence electrons. The standard InChI is InChI=1S/2C14H28O2.Sn/c2*1-2-3-4-5-6-7-8-9-10-11-12-13-14(15)16;/h2*2-13H2,1H3,(H,15,16);/q;;+2/p-2. The molecule has 0 atom stereocenters. The molecule has 0 amide bonds. The summed E-state index contributed by atoms with van der Waals surface area (Å²) in [5.41, 5.74) is 0. The summed E-state index contributed by atoms with van der Waals surface area (Å²) >= 11 is -1.79. The number of hydrogen-bond donors (Lipinski definition) is 0. The van der Waals surface area contributed by atoms with Crippen LogP contribution < -0.4 is 0 Å². The Labute approximate surface area is 217 Å². The van der Waals surface area contributed by atoms with E-state index in [9.17, 15) is 9.59 Å². The third kappa shape index (κ3) is 27.9. The Bertz CT molecular complexity index is 390. The normalized spacial score (nSPS) is 11.0. The summed E-state index contributed by atoms with van der Waals surface area (Å²) < 4.78 is 10.4. The first kappa shape index (κ1) is 32.7. The fourth-order valence-electron chi connectivity index (χ4n) is 4.08. The SMILES string of the molecule is CCCCCCCCCCCCCC(=O)[O][Sn][O]C(=O)CCCCCCCCCCCCC. The molecule has 0 aromatic carbocycles. The minimum absolute atomic E-state index is 0.181. The predicted molar refractivity (Wildman–Crippen MR) is 140 cm³/mol. The van der Waals surface area contributed by atoms with Crippen molar-refractivity contribution in [3.63, 3.8) is 0 Å². The Morgan fingerprint density at radius 3 is 0.939 bits per heavy atom. The van der Waals surface area contributed by atoms with Crippen molar-refractivity contribution in [3.8, 4) is 0 Å². The van der Waals surface area contributed by atoms with Crippen molar-refractivity contribution in [2.45, 2.75) is 168 Å². The second kappa shape index (κ2) is 28.0. The summed E-state index contributed by atoms with van der Waals surface area (Å²) in [6, 6.07) is 0. The van der Waals surface area contributed by atoms with Gasteiger partial charge >= 0.3 is 178 Å². The molecule has 33 heavy (non-hydrogen) atoms. The summed E-state index contributed by atoms with van der Waals surface area (Å²) in [6.07, 6.45) is 28.8. The van der Waals surface area contributed by atoms with E-state index >= 15 is 0 Å². The van der Waals surface area contributed by atoms with Crippen molar-refractivity contribution in [3.05, 3.63) is 0 Å². The van der Waals surface area contributed by atoms with Crippen LogP contribution in [-0.4, -0.2) is 33.9 Å². The van der Waals surface area contributed by atoms with Gasteiger partial charge < -0.3 is 0 Å². The molecule has 0 fully saturated rings. The maximum atomic E-state index is 11.8. The summed E-state index contributed by atoms with van der Waals surface area (Å²) in [5, 5.41) is 0. The van der Waals surface area contributed by atoms with E-state index in [1.807, 2.05) is 0 Å². The van der Waals surface area contributed by atoms with Gasteiger partial charge in [0, 0.05) is 0 Å². The van der Waals surface area contributed by atoms with E-state index in [4.69, 9.17) is 6.15 Å². The second-order valence-corrected chi connectivity index (χ2v) is 11.2. The van der Waals surface area contributed by atoms with Gasteiger partial charge in [-0.25, -0.2) is 0 Å². The first-order chi connectivity index (χ1) is 16.2. The van der Waals surface area contributed by atoms with Gasteiger partial charge in [0.1, 0.15) is 0 Å². The van der Waals surface area contributed by atoms with Crippen molar-refractivity contribution in [1.82, 2.24) is 0 Å². The van der Waals surface area contributed by atoms with E-state index in [-0.39, 0.29) is 11.9 Å². The zero-order valence-electron chi connectivity index (χ0n) is 22.1. The molecule has 0 aliphatic rings. The van der Waals surface area contributed by atoms with Crippen LogP contribution in [0.5, 0.6) is 0 Å². The molecule has 0 N–H and O–H groups in total. The third-order valence-electron chi connectivity index (χ3n) is 6.28. The summed E-state index contributed by atoms with van der Waals surface area (Å²) in [4.78, 5) is 23.5. The molecule has 2 radical (unpaired) electrons. The summed E-state index contributed by atoms with van der Waals surface area (Å²) in [7, 11) is 0. The minimum atomic E-state index is -1.79. The first-order valence-electron chi connectivity index (χ1n) is 14.3. The van der Waals surface area contributed by atoms with Crippen molar-refractivity contribution >= 4 is 33.9 Å². The van der Waals surface area contributed by atoms with Gasteiger partial charge in [0.15, 0.2) is 0 Å². The molecule has 0 saturated carbocycles. The molecule has 0 aromatic heterocycles. The molecule has 0 aliphatic heterocycles. The van der Waals surface area contributed by atoms with Crippen LogP contribution in [0.25, 0.3) is 0 Å². The monoisotopic (exact) mass is 574 g/mol. The van der Waals surface area contributed by atoms with Crippen LogP contribution in [0.15, 0.2) is 0 Å². The number of hydrogen-bond acceptors (Lipinski definition) is 4. The molecule has 5 heteroatoms. The van der Waals surface area contributed by atoms with Gasteiger partial charge in [-0.2, -0.15) is 0 Å². The average Bonchev–Trinajstić information content (AvgIpc) is 2.81. The number of unbranched alkanes of at least 4 members (excludes halogenated alkanes) is 20. The van der Waals surface area contributed by atoms with Crippen LogP contribution in [0.2, 0.25) is 0 Å². The number of rotatable bonds is 26. The molecule has 0 unspecified atom stereocenters. The van der Waals surface area contributed by atoms with Gasteiger partial charge in [0.05, 0.1) is 0 Å². The molecule has 0 rings (SSSR count). The van der Waals surface area contributed by atoms with E-state index < -0.39 is 22.0 Å². The first-order valence-corrected chi connectivity index (χ1v) is 16.7. The van der Waals surface area contributed by atoms with Crippen LogP contribution in [0.1, 0.15) is 168 Å². The smallest absolute Gasteiger partial charge is 0.0654 e. The van der Waals surface area contributed by atoms with Crippen molar-refractivity contribution < 1.29 is 15.7 Å². The maximum absolute atomic E-state index is 11.8. The predicted octanol–water partition coefficient (Wildman–Crippen LogP) is 9.01. The molecule has 0 heterocycles. The molecule has 0 aliphatic carbocycles. The van der Waals surface area contributed by atoms with Gasteiger partial charge in [-0.05, 0) is 0 Å². The quantitative estimate of drug-likeness (QED) is 0.0766. The van der Waals surface area contributed by atoms with Crippen LogP contribution in [0.3, 0.4) is 0 Å². The minimum Gasteiger partial charge on any atom is -0.0654 e. The average molecular weight is 573 g/mol. The second-order valence-electron chi connectivity index (χ2n) is 9.60. The fraction of sp³-hybridized carbons (Fsp3) is 0.929. The van der Waals surface area contributed by atoms with Crippen molar-refractivity contribution in [2.75, 3.05) is 0 Å². The Morgan fingerprint density at radius 2 is 0.667 bits per heavy atom. The summed E-state index contributed by atoms with van der Waals surface area (Å²) in [6.45, 7) is 4.51. The fourth-order valence-corrected chi connectivity index (χ4v) is 5.32. The van der Waals surface area contributed by atoms with Gasteiger partial charge in [-0.15, -0.1) is 0 Å². The van der Waals surface area contributed by atoms with Crippen LogP contribution in [0.4, 0.5) is 0 Å². The van der Waals surface area contributed by atoms with E-state index in [1.165, 1.54) is 116 Å². The van der Waals surface area contributed by atoms with Crippen molar-refractivity contribution in [1.29, 1.82) is 0 Å². The van der Waals surface area contributed by atoms with E-state index in [2.05, 4.69) is 13.8 Å². The van der Waals surface area contributed by atoms with E-state index in [1.54, 1.807) is 0 Å². The van der Waals surface area contributed by atoms with Crippen molar-refractivity contribution in [2.24, 2.45) is 0 Å². The third-order valence-corrected chi connectivity index (χ3v) is 8.06. The summed E-state index contributed by atoms with van der Waals surface area (Å²) in [5.74, 6) is -0.361. The van der Waals surface area contributed by atoms with Gasteiger partial charge in [0.25, 0.3) is 0 Å². The zero-order valence-corrected chi connectivity index (χ0v) is 25.0. The topological polar surface area (TPSA) is 52.6 Å². The van der Waals surface area contributed by atoms with Gasteiger partial charge in [-0.1, -0.05) is 39.5 Å². The molecule has 4 nitrogen and oxygen atoms in total. The Morgan fingerprint density at radius 1 is 0.424 bits per heavy atom. The Balaban J connectivity index is 3.29. The molecule has 0 bridgehead atoms. The van der Waals surface area contributed by atoms with Crippen LogP contribution >= 0.6 is 0 Å². The van der Waals surface area contributed by atoms with Gasteiger partial charge in [-0.3, -0.25) is 0 Å². The molecule has 0 aromatic rings. The molecule has 0 spiro atoms. The van der Waals surface area contributed by atoms with Crippen LogP contribution in [-0.2, 0) is 15.7 Å². The molecular formula is C28H54O4Sn. The zero-order chi connectivity index (χ0) is 24.2. The Hall–Kier alpha value is -0.261. The molecule has 0 saturated heterocycles. The number of carbonyl (C=O) groups excluding carboxylic acids is 2. The molecular weight excluding hydrogens is 519 g/mol. The van der Waals surface area contributed by atoms with E-state index in [0.29, 0.717) is 12.8 Å². The van der Waals surface area contributed by atoms with Gasteiger partial charge in [0.2, 0.25) is 0 Å². The van der Waals surface area contributed by atoms with Crippen LogP contribution in [0, 0.1) is 0 Å². The Kier molecular flexibility index (Phi) is 27.8. The number of carbonyl (C=O) groups is 2.